The summed E-state index contributed by atoms with van der Waals surface area (Å²) >= 11 is 12.2. The van der Waals surface area contributed by atoms with Gasteiger partial charge >= 0.3 is 0 Å². The molecule has 2 amide bonds. The summed E-state index contributed by atoms with van der Waals surface area (Å²) < 4.78 is 5.28. The van der Waals surface area contributed by atoms with Crippen LogP contribution in [-0.4, -0.2) is 36.4 Å². The minimum absolute atomic E-state index is 0.0792. The molecule has 1 N–H and O–H groups in total. The van der Waals surface area contributed by atoms with Crippen LogP contribution in [0.1, 0.15) is 31.4 Å². The minimum atomic E-state index is -0.584. The Morgan fingerprint density at radius 1 is 1.14 bits per heavy atom. The van der Waals surface area contributed by atoms with E-state index in [1.54, 1.807) is 30.2 Å². The van der Waals surface area contributed by atoms with E-state index < -0.39 is 6.04 Å². The number of hydrogen-bond donors (Lipinski definition) is 1. The molecule has 1 unspecified atom stereocenters. The van der Waals surface area contributed by atoms with Crippen LogP contribution in [-0.2, 0) is 22.6 Å². The molecule has 0 aromatic heterocycles. The minimum Gasteiger partial charge on any atom is -0.497 e. The van der Waals surface area contributed by atoms with Gasteiger partial charge in [0.25, 0.3) is 0 Å². The highest BCUT2D eigenvalue weighted by Crippen LogP contribution is 2.23. The lowest BCUT2D eigenvalue weighted by Gasteiger charge is -2.31. The zero-order chi connectivity index (χ0) is 21.4. The number of nitrogens with one attached hydrogen (secondary N) is 1. The molecular weight excluding hydrogens is 411 g/mol. The van der Waals surface area contributed by atoms with Gasteiger partial charge in [0.2, 0.25) is 11.8 Å². The van der Waals surface area contributed by atoms with Crippen LogP contribution in [0.3, 0.4) is 0 Å². The van der Waals surface area contributed by atoms with Crippen LogP contribution >= 0.6 is 23.2 Å². The molecule has 0 saturated carbocycles. The third-order valence-corrected chi connectivity index (χ3v) is 5.17. The second-order valence-electron chi connectivity index (χ2n) is 6.60. The molecule has 0 heterocycles. The molecule has 0 fully saturated rings. The lowest BCUT2D eigenvalue weighted by Crippen LogP contribution is -2.49. The van der Waals surface area contributed by atoms with Gasteiger partial charge in [0.1, 0.15) is 11.8 Å². The number of likely N-dealkylation sites (N-methyl/N-ethyl adjacent to an activating group) is 1. The van der Waals surface area contributed by atoms with Crippen LogP contribution in [0, 0.1) is 0 Å². The van der Waals surface area contributed by atoms with Gasteiger partial charge in [-0.3, -0.25) is 9.59 Å². The van der Waals surface area contributed by atoms with Crippen LogP contribution in [0.15, 0.2) is 42.5 Å². The van der Waals surface area contributed by atoms with E-state index in [1.165, 1.54) is 0 Å². The number of benzene rings is 2. The molecule has 2 rings (SSSR count). The maximum atomic E-state index is 13.2. The zero-order valence-electron chi connectivity index (χ0n) is 16.9. The summed E-state index contributed by atoms with van der Waals surface area (Å²) in [5.74, 6) is 0.338. The molecule has 2 aromatic rings. The molecule has 0 radical (unpaired) electrons. The molecule has 1 atom stereocenters. The highest BCUT2D eigenvalue weighted by molar-refractivity contribution is 6.35. The number of carbonyl (C=O) groups is 2. The maximum absolute atomic E-state index is 13.2. The average Bonchev–Trinajstić information content (AvgIpc) is 2.70. The normalized spacial score (nSPS) is 11.6. The first-order valence-electron chi connectivity index (χ1n) is 9.53. The summed E-state index contributed by atoms with van der Waals surface area (Å²) in [5, 5.41) is 3.76. The smallest absolute Gasteiger partial charge is 0.242 e. The number of hydrogen-bond acceptors (Lipinski definition) is 3. The van der Waals surface area contributed by atoms with Gasteiger partial charge in [0.15, 0.2) is 0 Å². The van der Waals surface area contributed by atoms with Crippen molar-refractivity contribution in [3.63, 3.8) is 0 Å². The average molecular weight is 437 g/mol. The first kappa shape index (κ1) is 23.0. The van der Waals surface area contributed by atoms with Gasteiger partial charge in [0, 0.05) is 23.1 Å². The Kier molecular flexibility index (Phi) is 8.80. The van der Waals surface area contributed by atoms with Crippen LogP contribution in [0.25, 0.3) is 0 Å². The van der Waals surface area contributed by atoms with Crippen molar-refractivity contribution in [1.29, 1.82) is 0 Å². The molecular formula is C22H26Cl2N2O3. The molecule has 2 aromatic carbocycles. The second-order valence-corrected chi connectivity index (χ2v) is 7.45. The Morgan fingerprint density at radius 3 is 2.52 bits per heavy atom. The fourth-order valence-corrected chi connectivity index (χ4v) is 3.58. The van der Waals surface area contributed by atoms with Crippen molar-refractivity contribution in [2.75, 3.05) is 13.7 Å². The van der Waals surface area contributed by atoms with E-state index in [-0.39, 0.29) is 24.8 Å². The maximum Gasteiger partial charge on any atom is 0.242 e. The van der Waals surface area contributed by atoms with E-state index in [0.29, 0.717) is 34.3 Å². The summed E-state index contributed by atoms with van der Waals surface area (Å²) in [5.41, 5.74) is 1.55. The van der Waals surface area contributed by atoms with E-state index in [0.717, 1.165) is 5.56 Å². The highest BCUT2D eigenvalue weighted by atomic mass is 35.5. The van der Waals surface area contributed by atoms with Crippen molar-refractivity contribution < 1.29 is 14.3 Å². The number of nitrogens with zero attached hydrogens (tertiary/aromatic N) is 1. The second kappa shape index (κ2) is 11.1. The number of amides is 2. The van der Waals surface area contributed by atoms with Gasteiger partial charge in [-0.25, -0.2) is 0 Å². The molecule has 0 aliphatic rings. The summed E-state index contributed by atoms with van der Waals surface area (Å²) in [6.45, 7) is 4.53. The Bertz CT molecular complexity index is 858. The van der Waals surface area contributed by atoms with Crippen LogP contribution in [0.5, 0.6) is 5.75 Å². The standard InChI is InChI=1S/C22H26Cl2N2O3/c1-4-20(22(28)25-5-2)26(14-15-7-6-8-18(11-15)29-3)21(27)12-16-9-10-17(23)13-19(16)24/h6-11,13,20H,4-5,12,14H2,1-3H3,(H,25,28). The SMILES string of the molecule is CCNC(=O)C(CC)N(Cc1cccc(OC)c1)C(=O)Cc1ccc(Cl)cc1Cl. The zero-order valence-corrected chi connectivity index (χ0v) is 18.4. The van der Waals surface area contributed by atoms with Gasteiger partial charge in [0.05, 0.1) is 13.5 Å². The van der Waals surface area contributed by atoms with E-state index >= 15 is 0 Å². The molecule has 0 saturated heterocycles. The largest absolute Gasteiger partial charge is 0.497 e. The summed E-state index contributed by atoms with van der Waals surface area (Å²) in [6, 6.07) is 11.9. The van der Waals surface area contributed by atoms with Crippen molar-refractivity contribution in [2.45, 2.75) is 39.3 Å². The molecule has 5 nitrogen and oxygen atoms in total. The van der Waals surface area contributed by atoms with Gasteiger partial charge < -0.3 is 15.0 Å². The number of rotatable bonds is 9. The van der Waals surface area contributed by atoms with Gasteiger partial charge in [-0.2, -0.15) is 0 Å². The van der Waals surface area contributed by atoms with Crippen molar-refractivity contribution in [3.8, 4) is 5.75 Å². The molecule has 0 aliphatic carbocycles. The quantitative estimate of drug-likeness (QED) is 0.629. The highest BCUT2D eigenvalue weighted by Gasteiger charge is 2.28. The molecule has 156 valence electrons. The van der Waals surface area contributed by atoms with E-state index in [1.807, 2.05) is 38.1 Å². The first-order chi connectivity index (χ1) is 13.9. The Morgan fingerprint density at radius 2 is 1.90 bits per heavy atom. The first-order valence-corrected chi connectivity index (χ1v) is 10.3. The molecule has 7 heteroatoms. The fourth-order valence-electron chi connectivity index (χ4n) is 3.11. The van der Waals surface area contributed by atoms with Crippen molar-refractivity contribution in [2.24, 2.45) is 0 Å². The van der Waals surface area contributed by atoms with Crippen molar-refractivity contribution >= 4 is 35.0 Å². The lowest BCUT2D eigenvalue weighted by atomic mass is 10.1. The summed E-state index contributed by atoms with van der Waals surface area (Å²) in [4.78, 5) is 27.5. The van der Waals surface area contributed by atoms with Crippen molar-refractivity contribution in [3.05, 3.63) is 63.6 Å². The van der Waals surface area contributed by atoms with Gasteiger partial charge in [-0.05, 0) is 48.7 Å². The molecule has 0 spiro atoms. The predicted octanol–water partition coefficient (Wildman–Crippen LogP) is 4.49. The predicted molar refractivity (Wildman–Crippen MR) is 116 cm³/mol. The summed E-state index contributed by atoms with van der Waals surface area (Å²) in [6.07, 6.45) is 0.575. The monoisotopic (exact) mass is 436 g/mol. The Labute approximate surface area is 181 Å². The van der Waals surface area contributed by atoms with Crippen LogP contribution in [0.4, 0.5) is 0 Å². The van der Waals surface area contributed by atoms with E-state index in [2.05, 4.69) is 5.32 Å². The Hall–Kier alpha value is -2.24. The number of halogens is 2. The molecule has 0 bridgehead atoms. The molecule has 0 aliphatic heterocycles. The third kappa shape index (κ3) is 6.38. The van der Waals surface area contributed by atoms with Gasteiger partial charge in [-0.15, -0.1) is 0 Å². The number of ether oxygens (including phenoxy) is 1. The Balaban J connectivity index is 2.33. The van der Waals surface area contributed by atoms with Gasteiger partial charge in [-0.1, -0.05) is 48.3 Å². The lowest BCUT2D eigenvalue weighted by molar-refractivity contribution is -0.140. The topological polar surface area (TPSA) is 58.6 Å². The van der Waals surface area contributed by atoms with E-state index in [9.17, 15) is 9.59 Å². The fraction of sp³-hybridized carbons (Fsp3) is 0.364. The van der Waals surface area contributed by atoms with Crippen LogP contribution < -0.4 is 10.1 Å². The number of carbonyl (C=O) groups excluding carboxylic acids is 2. The van der Waals surface area contributed by atoms with Crippen molar-refractivity contribution in [1.82, 2.24) is 10.2 Å². The molecule has 29 heavy (non-hydrogen) atoms. The van der Waals surface area contributed by atoms with Crippen LogP contribution in [0.2, 0.25) is 10.0 Å². The summed E-state index contributed by atoms with van der Waals surface area (Å²) in [7, 11) is 1.59. The van der Waals surface area contributed by atoms with E-state index in [4.69, 9.17) is 27.9 Å². The number of methoxy groups -OCH3 is 1. The third-order valence-electron chi connectivity index (χ3n) is 4.58.